The van der Waals surface area contributed by atoms with Crippen molar-refractivity contribution in [3.05, 3.63) is 18.2 Å². The Morgan fingerprint density at radius 2 is 1.78 bits per heavy atom. The molecule has 1 rings (SSSR count). The van der Waals surface area contributed by atoms with Crippen molar-refractivity contribution in [1.82, 2.24) is 9.97 Å². The van der Waals surface area contributed by atoms with Gasteiger partial charge in [0.25, 0.3) is 0 Å². The highest BCUT2D eigenvalue weighted by atomic mass is 31.2. The predicted molar refractivity (Wildman–Crippen MR) is 72.8 cm³/mol. The molecule has 1 aromatic heterocycles. The summed E-state index contributed by atoms with van der Waals surface area (Å²) in [7, 11) is -10.9. The van der Waals surface area contributed by atoms with E-state index >= 15 is 0 Å². The van der Waals surface area contributed by atoms with Crippen molar-refractivity contribution >= 4 is 27.1 Å². The molecule has 0 amide bonds. The van der Waals surface area contributed by atoms with Crippen molar-refractivity contribution in [2.45, 2.75) is 23.7 Å². The van der Waals surface area contributed by atoms with Crippen LogP contribution in [0.1, 0.15) is 12.2 Å². The average molecular weight is 372 g/mol. The van der Waals surface area contributed by atoms with Crippen LogP contribution in [0.2, 0.25) is 0 Å². The Kier molecular flexibility index (Phi) is 5.53. The van der Waals surface area contributed by atoms with Crippen LogP contribution in [0.15, 0.2) is 12.4 Å². The molecule has 1 aromatic rings. The van der Waals surface area contributed by atoms with Gasteiger partial charge in [-0.15, -0.1) is 0 Å². The van der Waals surface area contributed by atoms with Gasteiger partial charge in [-0.1, -0.05) is 0 Å². The molecule has 0 fully saturated rings. The molecule has 0 aliphatic heterocycles. The third-order valence-corrected chi connectivity index (χ3v) is 6.06. The third kappa shape index (κ3) is 4.25. The molecule has 0 aliphatic rings. The van der Waals surface area contributed by atoms with Gasteiger partial charge in [0.15, 0.2) is 10.8 Å². The molecule has 2 unspecified atom stereocenters. The van der Waals surface area contributed by atoms with E-state index in [1.165, 1.54) is 12.4 Å². The number of aromatic nitrogens is 2. The Bertz CT molecular complexity index is 677. The first-order valence-electron chi connectivity index (χ1n) is 5.86. The first-order chi connectivity index (χ1) is 10.3. The number of hydrogen-bond acceptors (Lipinski definition) is 5. The maximum Gasteiger partial charge on any atom is 0.343 e. The van der Waals surface area contributed by atoms with Gasteiger partial charge >= 0.3 is 27.1 Å². The minimum atomic E-state index is -5.53. The number of aromatic amines is 1. The zero-order valence-electron chi connectivity index (χ0n) is 11.3. The topological polar surface area (TPSA) is 218 Å². The lowest BCUT2D eigenvalue weighted by molar-refractivity contribution is -0.141. The summed E-state index contributed by atoms with van der Waals surface area (Å²) in [5.41, 5.74) is -2.60. The number of carbonyl (C=O) groups is 2. The summed E-state index contributed by atoms with van der Waals surface area (Å²) in [4.78, 5) is 65.5. The Morgan fingerprint density at radius 1 is 1.22 bits per heavy atom. The fraction of sp³-hybridized carbons (Fsp3) is 0.444. The Morgan fingerprint density at radius 3 is 2.09 bits per heavy atom. The van der Waals surface area contributed by atoms with Crippen LogP contribution in [0.5, 0.6) is 0 Å². The van der Waals surface area contributed by atoms with Gasteiger partial charge in [0.05, 0.1) is 0 Å². The van der Waals surface area contributed by atoms with Crippen LogP contribution in [-0.4, -0.2) is 62.5 Å². The number of nitrogens with one attached hydrogen (secondary N) is 1. The van der Waals surface area contributed by atoms with E-state index < -0.39 is 50.8 Å². The van der Waals surface area contributed by atoms with E-state index in [0.29, 0.717) is 0 Å². The van der Waals surface area contributed by atoms with E-state index in [9.17, 15) is 33.6 Å². The Balaban J connectivity index is 3.44. The first kappa shape index (κ1) is 19.5. The third-order valence-electron chi connectivity index (χ3n) is 3.19. The second-order valence-corrected chi connectivity index (χ2v) is 8.49. The quantitative estimate of drug-likeness (QED) is 0.274. The lowest BCUT2D eigenvalue weighted by atomic mass is 9.97. The zero-order chi connectivity index (χ0) is 18.1. The summed E-state index contributed by atoms with van der Waals surface area (Å²) >= 11 is 0. The summed E-state index contributed by atoms with van der Waals surface area (Å²) in [6.07, 6.45) is -0.0190. The summed E-state index contributed by atoms with van der Waals surface area (Å²) in [6, 6.07) is 0. The van der Waals surface area contributed by atoms with Gasteiger partial charge < -0.3 is 34.8 Å². The molecule has 0 spiro atoms. The van der Waals surface area contributed by atoms with Gasteiger partial charge in [0.1, 0.15) is 5.82 Å². The van der Waals surface area contributed by atoms with Crippen LogP contribution in [0.4, 0.5) is 0 Å². The number of H-pyrrole nitrogens is 1. The molecule has 23 heavy (non-hydrogen) atoms. The normalized spacial score (nSPS) is 16.5. The highest BCUT2D eigenvalue weighted by Crippen LogP contribution is 2.58. The van der Waals surface area contributed by atoms with E-state index in [0.717, 1.165) is 0 Å². The first-order valence-corrected chi connectivity index (χ1v) is 9.16. The number of carboxylic acids is 2. The molecule has 0 aromatic carbocycles. The maximum atomic E-state index is 11.7. The molecule has 14 heteroatoms. The second-order valence-electron chi connectivity index (χ2n) is 4.74. The SMILES string of the molecule is O=C(O)C(CC(Cc1ncc[nH]1)(C(=O)O)P(=O)(O)O)P(=O)(O)O. The van der Waals surface area contributed by atoms with Gasteiger partial charge in [-0.2, -0.15) is 0 Å². The van der Waals surface area contributed by atoms with E-state index in [1.54, 1.807) is 0 Å². The van der Waals surface area contributed by atoms with Gasteiger partial charge in [0.2, 0.25) is 0 Å². The lowest BCUT2D eigenvalue weighted by Gasteiger charge is -2.31. The standard InChI is InChI=1S/C9H14N2O10P2/c12-7(13)5(22(16,17)18)3-9(8(14)15,23(19,20)21)4-6-10-1-2-11-6/h1-2,5H,3-4H2,(H,10,11)(H,12,13)(H,14,15)(H2,16,17,18)(H2,19,20,21). The second kappa shape index (κ2) is 6.52. The smallest absolute Gasteiger partial charge is 0.343 e. The molecule has 0 aliphatic carbocycles. The minimum absolute atomic E-state index is 0.189. The summed E-state index contributed by atoms with van der Waals surface area (Å²) in [5, 5.41) is 15.1. The van der Waals surface area contributed by atoms with Crippen molar-refractivity contribution < 1.29 is 48.5 Å². The van der Waals surface area contributed by atoms with Crippen LogP contribution in [0.3, 0.4) is 0 Å². The molecule has 2 atom stereocenters. The van der Waals surface area contributed by atoms with Gasteiger partial charge in [-0.3, -0.25) is 18.7 Å². The van der Waals surface area contributed by atoms with Crippen molar-refractivity contribution in [3.63, 3.8) is 0 Å². The van der Waals surface area contributed by atoms with E-state index in [2.05, 4.69) is 9.97 Å². The Hall–Kier alpha value is -1.55. The number of rotatable bonds is 8. The molecule has 130 valence electrons. The lowest BCUT2D eigenvalue weighted by Crippen LogP contribution is -2.45. The van der Waals surface area contributed by atoms with Gasteiger partial charge in [0, 0.05) is 25.2 Å². The molecule has 0 saturated heterocycles. The van der Waals surface area contributed by atoms with Crippen molar-refractivity contribution in [2.75, 3.05) is 0 Å². The number of nitrogens with zero attached hydrogens (tertiary/aromatic N) is 1. The van der Waals surface area contributed by atoms with Crippen LogP contribution in [0.25, 0.3) is 0 Å². The fourth-order valence-electron chi connectivity index (χ4n) is 1.92. The van der Waals surface area contributed by atoms with Gasteiger partial charge in [-0.05, 0) is 0 Å². The van der Waals surface area contributed by atoms with Crippen molar-refractivity contribution in [1.29, 1.82) is 0 Å². The monoisotopic (exact) mass is 372 g/mol. The van der Waals surface area contributed by atoms with Crippen LogP contribution in [0, 0.1) is 0 Å². The molecular formula is C9H14N2O10P2. The number of imidazole rings is 1. The molecule has 0 saturated carbocycles. The number of carboxylic acid groups (broad SMARTS) is 2. The van der Waals surface area contributed by atoms with Crippen molar-refractivity contribution in [2.24, 2.45) is 0 Å². The van der Waals surface area contributed by atoms with E-state index in [1.807, 2.05) is 0 Å². The predicted octanol–water partition coefficient (Wildman–Crippen LogP) is -1.03. The minimum Gasteiger partial charge on any atom is -0.481 e. The maximum absolute atomic E-state index is 11.7. The van der Waals surface area contributed by atoms with Gasteiger partial charge in [-0.25, -0.2) is 4.98 Å². The number of hydrogen-bond donors (Lipinski definition) is 7. The summed E-state index contributed by atoms with van der Waals surface area (Å²) in [5.74, 6) is -4.36. The zero-order valence-corrected chi connectivity index (χ0v) is 13.1. The van der Waals surface area contributed by atoms with E-state index in [4.69, 9.17) is 14.9 Å². The molecular weight excluding hydrogens is 358 g/mol. The summed E-state index contributed by atoms with van der Waals surface area (Å²) < 4.78 is 23.0. The summed E-state index contributed by atoms with van der Waals surface area (Å²) in [6.45, 7) is 0. The molecule has 12 nitrogen and oxygen atoms in total. The highest BCUT2D eigenvalue weighted by molar-refractivity contribution is 7.55. The average Bonchev–Trinajstić information content (AvgIpc) is 2.82. The highest BCUT2D eigenvalue weighted by Gasteiger charge is 2.58. The molecule has 0 radical (unpaired) electrons. The fourth-order valence-corrected chi connectivity index (χ4v) is 3.93. The number of aliphatic carboxylic acids is 2. The van der Waals surface area contributed by atoms with Crippen LogP contribution >= 0.6 is 15.2 Å². The van der Waals surface area contributed by atoms with Crippen molar-refractivity contribution in [3.8, 4) is 0 Å². The van der Waals surface area contributed by atoms with Crippen LogP contribution < -0.4 is 0 Å². The largest absolute Gasteiger partial charge is 0.481 e. The molecule has 7 N–H and O–H groups in total. The van der Waals surface area contributed by atoms with Crippen LogP contribution in [-0.2, 0) is 25.1 Å². The van der Waals surface area contributed by atoms with E-state index in [-0.39, 0.29) is 5.82 Å². The molecule has 1 heterocycles. The Labute approximate surface area is 128 Å². The molecule has 0 bridgehead atoms.